The highest BCUT2D eigenvalue weighted by atomic mass is 35.5. The third kappa shape index (κ3) is 3.83. The van der Waals surface area contributed by atoms with E-state index >= 15 is 0 Å². The van der Waals surface area contributed by atoms with E-state index in [2.05, 4.69) is 19.9 Å². The Morgan fingerprint density at radius 3 is 2.12 bits per heavy atom. The zero-order chi connectivity index (χ0) is 22.9. The molecule has 32 heavy (non-hydrogen) atoms. The fourth-order valence-corrected chi connectivity index (χ4v) is 4.99. The van der Waals surface area contributed by atoms with Gasteiger partial charge >= 0.3 is 6.03 Å². The standard InChI is InChI=1S/C26H23Cl2N3O/c1-3-15-26(2)24(19-6-4-5-18(16-19)17-29)30(22-11-7-20(27)8-12-22)25(32)31(26)23-13-9-21(28)10-14-23/h4-14,16,24H,3,15H2,1-2H3/t24-,26-/m0/s1. The molecule has 3 aromatic rings. The number of benzene rings is 3. The van der Waals surface area contributed by atoms with Crippen LogP contribution in [0.1, 0.15) is 43.9 Å². The van der Waals surface area contributed by atoms with Gasteiger partial charge < -0.3 is 0 Å². The highest BCUT2D eigenvalue weighted by Gasteiger charge is 2.55. The summed E-state index contributed by atoms with van der Waals surface area (Å²) in [4.78, 5) is 17.7. The van der Waals surface area contributed by atoms with Gasteiger partial charge in [-0.1, -0.05) is 48.7 Å². The van der Waals surface area contributed by atoms with Crippen molar-refractivity contribution >= 4 is 40.6 Å². The summed E-state index contributed by atoms with van der Waals surface area (Å²) < 4.78 is 0. The van der Waals surface area contributed by atoms with Crippen LogP contribution in [0.4, 0.5) is 16.2 Å². The van der Waals surface area contributed by atoms with E-state index in [-0.39, 0.29) is 12.1 Å². The molecule has 0 spiro atoms. The van der Waals surface area contributed by atoms with Crippen molar-refractivity contribution in [1.29, 1.82) is 5.26 Å². The van der Waals surface area contributed by atoms with Crippen molar-refractivity contribution in [2.75, 3.05) is 9.80 Å². The zero-order valence-corrected chi connectivity index (χ0v) is 19.4. The minimum absolute atomic E-state index is 0.127. The third-order valence-electron chi connectivity index (χ3n) is 6.03. The molecule has 1 heterocycles. The predicted octanol–water partition coefficient (Wildman–Crippen LogP) is 7.61. The van der Waals surface area contributed by atoms with Crippen LogP contribution >= 0.6 is 23.2 Å². The maximum Gasteiger partial charge on any atom is 0.330 e. The molecule has 0 bridgehead atoms. The van der Waals surface area contributed by atoms with E-state index in [1.54, 1.807) is 30.3 Å². The van der Waals surface area contributed by atoms with Crippen LogP contribution in [0.3, 0.4) is 0 Å². The number of amides is 2. The van der Waals surface area contributed by atoms with Gasteiger partial charge in [-0.3, -0.25) is 9.80 Å². The Morgan fingerprint density at radius 2 is 1.56 bits per heavy atom. The number of nitrogens with zero attached hydrogens (tertiary/aromatic N) is 3. The van der Waals surface area contributed by atoms with Gasteiger partial charge in [-0.2, -0.15) is 5.26 Å². The summed E-state index contributed by atoms with van der Waals surface area (Å²) in [5, 5.41) is 10.7. The van der Waals surface area contributed by atoms with Gasteiger partial charge in [-0.25, -0.2) is 4.79 Å². The number of carbonyl (C=O) groups is 1. The summed E-state index contributed by atoms with van der Waals surface area (Å²) in [5.74, 6) is 0. The van der Waals surface area contributed by atoms with Crippen LogP contribution < -0.4 is 9.80 Å². The van der Waals surface area contributed by atoms with Gasteiger partial charge in [0.05, 0.1) is 23.2 Å². The molecule has 3 aromatic carbocycles. The molecule has 1 aliphatic rings. The molecule has 1 saturated heterocycles. The molecule has 0 radical (unpaired) electrons. The van der Waals surface area contributed by atoms with Crippen molar-refractivity contribution in [2.45, 2.75) is 38.3 Å². The highest BCUT2D eigenvalue weighted by molar-refractivity contribution is 6.31. The Morgan fingerprint density at radius 1 is 0.969 bits per heavy atom. The summed E-state index contributed by atoms with van der Waals surface area (Å²) in [5.41, 5.74) is 2.46. The van der Waals surface area contributed by atoms with Gasteiger partial charge in [0.25, 0.3) is 0 Å². The first kappa shape index (κ1) is 22.2. The largest absolute Gasteiger partial charge is 0.330 e. The maximum atomic E-state index is 14.0. The SMILES string of the molecule is CCC[C@@]1(C)[C@H](c2cccc(C#N)c2)N(c2ccc(Cl)cc2)C(=O)N1c1ccc(Cl)cc1. The van der Waals surface area contributed by atoms with Crippen molar-refractivity contribution in [1.82, 2.24) is 0 Å². The van der Waals surface area contributed by atoms with Crippen molar-refractivity contribution in [3.05, 3.63) is 94.0 Å². The average Bonchev–Trinajstić information content (AvgIpc) is 3.02. The summed E-state index contributed by atoms with van der Waals surface area (Å²) in [6, 6.07) is 23.9. The van der Waals surface area contributed by atoms with Crippen LogP contribution in [-0.2, 0) is 0 Å². The van der Waals surface area contributed by atoms with E-state index in [1.165, 1.54) is 0 Å². The number of anilines is 2. The number of hydrogen-bond acceptors (Lipinski definition) is 2. The third-order valence-corrected chi connectivity index (χ3v) is 6.54. The molecule has 6 heteroatoms. The number of halogens is 2. The monoisotopic (exact) mass is 463 g/mol. The van der Waals surface area contributed by atoms with E-state index in [0.717, 1.165) is 29.8 Å². The second kappa shape index (κ2) is 8.86. The van der Waals surface area contributed by atoms with Crippen molar-refractivity contribution in [2.24, 2.45) is 0 Å². The van der Waals surface area contributed by atoms with E-state index in [4.69, 9.17) is 23.2 Å². The van der Waals surface area contributed by atoms with Crippen LogP contribution in [0.2, 0.25) is 10.0 Å². The van der Waals surface area contributed by atoms with Crippen molar-refractivity contribution in [3.8, 4) is 6.07 Å². The molecule has 162 valence electrons. The normalized spacial score (nSPS) is 20.5. The number of nitriles is 1. The van der Waals surface area contributed by atoms with Crippen molar-refractivity contribution in [3.63, 3.8) is 0 Å². The van der Waals surface area contributed by atoms with Gasteiger partial charge in [0.15, 0.2) is 0 Å². The van der Waals surface area contributed by atoms with Crippen LogP contribution in [0.5, 0.6) is 0 Å². The quantitative estimate of drug-likeness (QED) is 0.390. The van der Waals surface area contributed by atoms with Gasteiger partial charge in [0, 0.05) is 21.4 Å². The van der Waals surface area contributed by atoms with E-state index in [9.17, 15) is 10.1 Å². The summed E-state index contributed by atoms with van der Waals surface area (Å²) >= 11 is 12.3. The smallest absolute Gasteiger partial charge is 0.286 e. The summed E-state index contributed by atoms with van der Waals surface area (Å²) in [6.07, 6.45) is 1.66. The zero-order valence-electron chi connectivity index (χ0n) is 17.9. The lowest BCUT2D eigenvalue weighted by molar-refractivity contribution is 0.253. The van der Waals surface area contributed by atoms with Gasteiger partial charge in [0.2, 0.25) is 0 Å². The Hall–Kier alpha value is -3.00. The van der Waals surface area contributed by atoms with Crippen LogP contribution in [0.15, 0.2) is 72.8 Å². The topological polar surface area (TPSA) is 47.3 Å². The molecule has 0 aliphatic carbocycles. The first-order chi connectivity index (χ1) is 15.4. The highest BCUT2D eigenvalue weighted by Crippen LogP contribution is 2.50. The maximum absolute atomic E-state index is 14.0. The van der Waals surface area contributed by atoms with Crippen molar-refractivity contribution < 1.29 is 4.79 Å². The molecule has 0 N–H and O–H groups in total. The number of carbonyl (C=O) groups excluding carboxylic acids is 1. The molecule has 2 amide bonds. The summed E-state index contributed by atoms with van der Waals surface area (Å²) in [7, 11) is 0. The Bertz CT molecular complexity index is 1170. The molecule has 0 unspecified atom stereocenters. The second-order valence-corrected chi connectivity index (χ2v) is 9.06. The Balaban J connectivity index is 1.95. The second-order valence-electron chi connectivity index (χ2n) is 8.19. The van der Waals surface area contributed by atoms with Crippen LogP contribution in [-0.4, -0.2) is 11.6 Å². The Labute approximate surface area is 198 Å². The number of rotatable bonds is 5. The molecule has 1 aliphatic heterocycles. The Kier molecular flexibility index (Phi) is 6.15. The molecule has 2 atom stereocenters. The number of urea groups is 1. The first-order valence-electron chi connectivity index (χ1n) is 10.5. The molecule has 4 nitrogen and oxygen atoms in total. The molecule has 0 saturated carbocycles. The fourth-order valence-electron chi connectivity index (χ4n) is 4.73. The van der Waals surface area contributed by atoms with E-state index < -0.39 is 5.54 Å². The van der Waals surface area contributed by atoms with Crippen LogP contribution in [0, 0.1) is 11.3 Å². The summed E-state index contributed by atoms with van der Waals surface area (Å²) in [6.45, 7) is 4.23. The lowest BCUT2D eigenvalue weighted by Crippen LogP contribution is -2.46. The van der Waals surface area contributed by atoms with Gasteiger partial charge in [0.1, 0.15) is 0 Å². The molecular weight excluding hydrogens is 441 g/mol. The molecule has 4 rings (SSSR count). The first-order valence-corrected chi connectivity index (χ1v) is 11.3. The number of hydrogen-bond donors (Lipinski definition) is 0. The molecular formula is C26H23Cl2N3O. The average molecular weight is 464 g/mol. The van der Waals surface area contributed by atoms with Gasteiger partial charge in [-0.15, -0.1) is 0 Å². The lowest BCUT2D eigenvalue weighted by atomic mass is 9.82. The predicted molar refractivity (Wildman–Crippen MR) is 130 cm³/mol. The fraction of sp³-hybridized carbons (Fsp3) is 0.231. The molecule has 1 fully saturated rings. The van der Waals surface area contributed by atoms with E-state index in [1.807, 2.05) is 52.3 Å². The van der Waals surface area contributed by atoms with E-state index in [0.29, 0.717) is 15.6 Å². The minimum atomic E-state index is -0.562. The molecule has 0 aromatic heterocycles. The lowest BCUT2D eigenvalue weighted by Gasteiger charge is -2.39. The minimum Gasteiger partial charge on any atom is -0.286 e. The van der Waals surface area contributed by atoms with Crippen LogP contribution in [0.25, 0.3) is 0 Å². The van der Waals surface area contributed by atoms with Gasteiger partial charge in [-0.05, 0) is 79.6 Å².